The van der Waals surface area contributed by atoms with E-state index in [1.807, 2.05) is 0 Å². The summed E-state index contributed by atoms with van der Waals surface area (Å²) in [6.45, 7) is 0. The van der Waals surface area contributed by atoms with Gasteiger partial charge in [-0.05, 0) is 48.0 Å². The first-order valence-electron chi connectivity index (χ1n) is 7.03. The third kappa shape index (κ3) is 2.89. The van der Waals surface area contributed by atoms with Crippen LogP contribution in [0.3, 0.4) is 0 Å². The highest BCUT2D eigenvalue weighted by atomic mass is 16.5. The van der Waals surface area contributed by atoms with Gasteiger partial charge < -0.3 is 24.8 Å². The Bertz CT molecular complexity index is 879. The van der Waals surface area contributed by atoms with Gasteiger partial charge >= 0.3 is 5.97 Å². The number of phenols is 3. The first-order chi connectivity index (χ1) is 11.5. The van der Waals surface area contributed by atoms with E-state index in [4.69, 9.17) is 9.47 Å². The van der Waals surface area contributed by atoms with E-state index in [1.54, 1.807) is 18.2 Å². The third-order valence-corrected chi connectivity index (χ3v) is 3.51. The van der Waals surface area contributed by atoms with Crippen molar-refractivity contribution in [3.05, 3.63) is 59.2 Å². The first kappa shape index (κ1) is 15.5. The van der Waals surface area contributed by atoms with Crippen molar-refractivity contribution in [2.45, 2.75) is 0 Å². The van der Waals surface area contributed by atoms with Crippen LogP contribution in [0.15, 0.2) is 48.0 Å². The smallest absolute Gasteiger partial charge is 0.343 e. The highest BCUT2D eigenvalue weighted by Crippen LogP contribution is 2.33. The standard InChI is InChI=1S/C18H14O6/c1-23-16-5-2-10(7-15(16)21)6-12-9-17(24-18(12)22)11-3-4-13(19)14(20)8-11/h2-9,19-21H,1H3/b12-6+. The van der Waals surface area contributed by atoms with E-state index in [0.717, 1.165) is 0 Å². The van der Waals surface area contributed by atoms with Crippen LogP contribution >= 0.6 is 0 Å². The molecule has 3 N–H and O–H groups in total. The topological polar surface area (TPSA) is 96.2 Å². The zero-order valence-corrected chi connectivity index (χ0v) is 12.7. The van der Waals surface area contributed by atoms with Crippen molar-refractivity contribution in [2.75, 3.05) is 7.11 Å². The van der Waals surface area contributed by atoms with Gasteiger partial charge in [-0.1, -0.05) is 6.07 Å². The minimum Gasteiger partial charge on any atom is -0.504 e. The van der Waals surface area contributed by atoms with E-state index < -0.39 is 5.97 Å². The summed E-state index contributed by atoms with van der Waals surface area (Å²) in [5, 5.41) is 28.6. The van der Waals surface area contributed by atoms with E-state index in [2.05, 4.69) is 0 Å². The van der Waals surface area contributed by atoms with E-state index in [1.165, 1.54) is 37.5 Å². The number of hydrogen-bond acceptors (Lipinski definition) is 6. The maximum atomic E-state index is 12.0. The number of esters is 1. The van der Waals surface area contributed by atoms with Crippen LogP contribution in [-0.4, -0.2) is 28.4 Å². The van der Waals surface area contributed by atoms with Crippen LogP contribution in [-0.2, 0) is 9.53 Å². The van der Waals surface area contributed by atoms with Crippen LogP contribution in [0.1, 0.15) is 11.1 Å². The number of methoxy groups -OCH3 is 1. The lowest BCUT2D eigenvalue weighted by Crippen LogP contribution is -1.97. The molecule has 0 saturated heterocycles. The van der Waals surface area contributed by atoms with Gasteiger partial charge in [0.1, 0.15) is 5.76 Å². The van der Waals surface area contributed by atoms with Crippen LogP contribution in [0.2, 0.25) is 0 Å². The zero-order chi connectivity index (χ0) is 17.3. The van der Waals surface area contributed by atoms with Crippen molar-refractivity contribution in [1.82, 2.24) is 0 Å². The number of benzene rings is 2. The molecular formula is C18H14O6. The Morgan fingerprint density at radius 3 is 2.46 bits per heavy atom. The molecule has 0 aliphatic carbocycles. The third-order valence-electron chi connectivity index (χ3n) is 3.51. The summed E-state index contributed by atoms with van der Waals surface area (Å²) in [5.74, 6) is -0.546. The molecule has 0 fully saturated rings. The van der Waals surface area contributed by atoms with Crippen LogP contribution in [0.4, 0.5) is 0 Å². The number of carbonyl (C=O) groups excluding carboxylic acids is 1. The number of carbonyl (C=O) groups is 1. The highest BCUT2D eigenvalue weighted by molar-refractivity contribution is 6.05. The Morgan fingerprint density at radius 1 is 1.00 bits per heavy atom. The molecule has 0 spiro atoms. The van der Waals surface area contributed by atoms with Crippen LogP contribution in [0.5, 0.6) is 23.0 Å². The normalized spacial score (nSPS) is 15.3. The number of ether oxygens (including phenoxy) is 2. The summed E-state index contributed by atoms with van der Waals surface area (Å²) in [6.07, 6.45) is 3.09. The fraction of sp³-hybridized carbons (Fsp3) is 0.0556. The number of phenolic OH excluding ortho intramolecular Hbond substituents is 3. The Labute approximate surface area is 137 Å². The van der Waals surface area contributed by atoms with Crippen molar-refractivity contribution >= 4 is 17.8 Å². The molecule has 2 aromatic rings. The molecule has 0 amide bonds. The number of rotatable bonds is 3. The monoisotopic (exact) mass is 326 g/mol. The molecule has 1 aliphatic heterocycles. The van der Waals surface area contributed by atoms with Crippen LogP contribution in [0, 0.1) is 0 Å². The Balaban J connectivity index is 1.93. The molecule has 3 rings (SSSR count). The summed E-state index contributed by atoms with van der Waals surface area (Å²) in [7, 11) is 1.45. The zero-order valence-electron chi connectivity index (χ0n) is 12.7. The summed E-state index contributed by atoms with van der Waals surface area (Å²) in [6, 6.07) is 8.88. The summed E-state index contributed by atoms with van der Waals surface area (Å²) >= 11 is 0. The second kappa shape index (κ2) is 6.00. The Kier molecular flexibility index (Phi) is 3.87. The number of aromatic hydroxyl groups is 3. The van der Waals surface area contributed by atoms with Crippen molar-refractivity contribution < 1.29 is 29.6 Å². The Hall–Kier alpha value is -3.41. The predicted molar refractivity (Wildman–Crippen MR) is 86.5 cm³/mol. The number of cyclic esters (lactones) is 1. The average molecular weight is 326 g/mol. The second-order valence-corrected chi connectivity index (χ2v) is 5.13. The van der Waals surface area contributed by atoms with Crippen molar-refractivity contribution in [3.63, 3.8) is 0 Å². The molecular weight excluding hydrogens is 312 g/mol. The average Bonchev–Trinajstić information content (AvgIpc) is 2.91. The minimum atomic E-state index is -0.548. The molecule has 0 radical (unpaired) electrons. The SMILES string of the molecule is COc1ccc(/C=C2\C=C(c3ccc(O)c(O)c3)OC2=O)cc1O. The molecule has 1 aliphatic rings. The van der Waals surface area contributed by atoms with Gasteiger partial charge in [-0.3, -0.25) is 0 Å². The van der Waals surface area contributed by atoms with Gasteiger partial charge in [0.15, 0.2) is 23.0 Å². The van der Waals surface area contributed by atoms with Gasteiger partial charge in [-0.2, -0.15) is 0 Å². The van der Waals surface area contributed by atoms with Gasteiger partial charge in [-0.15, -0.1) is 0 Å². The fourth-order valence-electron chi connectivity index (χ4n) is 2.28. The summed E-state index contributed by atoms with van der Waals surface area (Å²) in [5.41, 5.74) is 1.35. The molecule has 24 heavy (non-hydrogen) atoms. The van der Waals surface area contributed by atoms with Crippen molar-refractivity contribution in [1.29, 1.82) is 0 Å². The van der Waals surface area contributed by atoms with Gasteiger partial charge in [0.2, 0.25) is 0 Å². The molecule has 0 bridgehead atoms. The maximum Gasteiger partial charge on any atom is 0.343 e. The van der Waals surface area contributed by atoms with Crippen LogP contribution < -0.4 is 4.74 Å². The van der Waals surface area contributed by atoms with E-state index in [0.29, 0.717) is 22.4 Å². The maximum absolute atomic E-state index is 12.0. The lowest BCUT2D eigenvalue weighted by atomic mass is 10.1. The lowest BCUT2D eigenvalue weighted by Gasteiger charge is -2.03. The molecule has 2 aromatic carbocycles. The number of hydrogen-bond donors (Lipinski definition) is 3. The molecule has 122 valence electrons. The van der Waals surface area contributed by atoms with Gasteiger partial charge in [0, 0.05) is 5.56 Å². The molecule has 6 nitrogen and oxygen atoms in total. The molecule has 6 heteroatoms. The fourth-order valence-corrected chi connectivity index (χ4v) is 2.28. The quantitative estimate of drug-likeness (QED) is 0.456. The van der Waals surface area contributed by atoms with Gasteiger partial charge in [0.25, 0.3) is 0 Å². The van der Waals surface area contributed by atoms with Crippen LogP contribution in [0.25, 0.3) is 11.8 Å². The van der Waals surface area contributed by atoms with E-state index in [9.17, 15) is 20.1 Å². The summed E-state index contributed by atoms with van der Waals surface area (Å²) < 4.78 is 10.1. The van der Waals surface area contributed by atoms with E-state index >= 15 is 0 Å². The second-order valence-electron chi connectivity index (χ2n) is 5.13. The molecule has 0 unspecified atom stereocenters. The summed E-state index contributed by atoms with van der Waals surface area (Å²) in [4.78, 5) is 12.0. The predicted octanol–water partition coefficient (Wildman–Crippen LogP) is 2.79. The van der Waals surface area contributed by atoms with Crippen molar-refractivity contribution in [3.8, 4) is 23.0 Å². The Morgan fingerprint density at radius 2 is 1.79 bits per heavy atom. The molecule has 0 aromatic heterocycles. The van der Waals surface area contributed by atoms with Gasteiger partial charge in [-0.25, -0.2) is 4.79 Å². The van der Waals surface area contributed by atoms with Gasteiger partial charge in [0.05, 0.1) is 12.7 Å². The minimum absolute atomic E-state index is 0.0362. The largest absolute Gasteiger partial charge is 0.504 e. The lowest BCUT2D eigenvalue weighted by molar-refractivity contribution is -0.130. The van der Waals surface area contributed by atoms with Crippen molar-refractivity contribution in [2.24, 2.45) is 0 Å². The van der Waals surface area contributed by atoms with E-state index in [-0.39, 0.29) is 23.0 Å². The first-order valence-corrected chi connectivity index (χ1v) is 7.03. The highest BCUT2D eigenvalue weighted by Gasteiger charge is 2.22. The molecule has 1 heterocycles. The molecule has 0 saturated carbocycles. The molecule has 0 atom stereocenters.